The van der Waals surface area contributed by atoms with Crippen molar-refractivity contribution in [2.45, 2.75) is 111 Å². The van der Waals surface area contributed by atoms with Gasteiger partial charge in [0.2, 0.25) is 0 Å². The van der Waals surface area contributed by atoms with Crippen LogP contribution in [-0.4, -0.2) is 6.04 Å². The molecule has 0 bridgehead atoms. The predicted octanol–water partition coefficient (Wildman–Crippen LogP) is 7.36. The van der Waals surface area contributed by atoms with Gasteiger partial charge in [0.15, 0.2) is 0 Å². The van der Waals surface area contributed by atoms with Crippen molar-refractivity contribution in [3.8, 4) is 0 Å². The van der Waals surface area contributed by atoms with Crippen molar-refractivity contribution >= 4 is 0 Å². The van der Waals surface area contributed by atoms with Crippen LogP contribution in [0.25, 0.3) is 0 Å². The smallest absolute Gasteiger partial charge is 0.00766 e. The number of rotatable bonds is 5. The molecule has 0 radical (unpaired) electrons. The van der Waals surface area contributed by atoms with Gasteiger partial charge in [-0.3, -0.25) is 0 Å². The molecule has 2 N–H and O–H groups in total. The first-order valence-electron chi connectivity index (χ1n) is 12.7. The first-order valence-corrected chi connectivity index (χ1v) is 12.7. The van der Waals surface area contributed by atoms with Crippen LogP contribution in [0.15, 0.2) is 11.6 Å². The second kappa shape index (κ2) is 7.75. The highest BCUT2D eigenvalue weighted by molar-refractivity contribution is 5.25. The molecule has 7 unspecified atom stereocenters. The lowest BCUT2D eigenvalue weighted by atomic mass is 9.47. The molecule has 0 aromatic carbocycles. The van der Waals surface area contributed by atoms with Crippen molar-refractivity contribution in [2.24, 2.45) is 52.1 Å². The Labute approximate surface area is 175 Å². The molecule has 4 aliphatic rings. The molecule has 0 amide bonds. The van der Waals surface area contributed by atoms with E-state index in [9.17, 15) is 0 Å². The number of hydrogen-bond donors (Lipinski definition) is 1. The predicted molar refractivity (Wildman–Crippen MR) is 121 cm³/mol. The molecule has 1 heteroatoms. The zero-order valence-electron chi connectivity index (χ0n) is 19.5. The molecule has 3 saturated carbocycles. The summed E-state index contributed by atoms with van der Waals surface area (Å²) in [6.45, 7) is 12.7. The molecule has 0 aromatic rings. The van der Waals surface area contributed by atoms with Gasteiger partial charge in [-0.2, -0.15) is 0 Å². The first kappa shape index (κ1) is 21.0. The average Bonchev–Trinajstić information content (AvgIpc) is 2.99. The molecule has 0 aromatic heterocycles. The monoisotopic (exact) mass is 385 g/mol. The van der Waals surface area contributed by atoms with Crippen molar-refractivity contribution in [1.82, 2.24) is 0 Å². The Morgan fingerprint density at radius 1 is 1.00 bits per heavy atom. The molecule has 0 heterocycles. The minimum atomic E-state index is 0.423. The Balaban J connectivity index is 1.49. The summed E-state index contributed by atoms with van der Waals surface area (Å²) in [6.07, 6.45) is 18.1. The van der Waals surface area contributed by atoms with Crippen LogP contribution in [0.3, 0.4) is 0 Å². The largest absolute Gasteiger partial charge is 0.327 e. The maximum absolute atomic E-state index is 6.34. The van der Waals surface area contributed by atoms with Gasteiger partial charge in [0.25, 0.3) is 0 Å². The fourth-order valence-corrected chi connectivity index (χ4v) is 8.71. The van der Waals surface area contributed by atoms with Crippen LogP contribution in [0, 0.1) is 46.3 Å². The minimum absolute atomic E-state index is 0.423. The number of nitrogens with two attached hydrogens (primary N) is 1. The van der Waals surface area contributed by atoms with Crippen molar-refractivity contribution in [2.75, 3.05) is 0 Å². The van der Waals surface area contributed by atoms with E-state index in [0.29, 0.717) is 16.9 Å². The van der Waals surface area contributed by atoms with Crippen LogP contribution in [0.4, 0.5) is 0 Å². The third-order valence-electron chi connectivity index (χ3n) is 10.3. The van der Waals surface area contributed by atoms with E-state index in [-0.39, 0.29) is 0 Å². The first-order chi connectivity index (χ1) is 13.3. The van der Waals surface area contributed by atoms with E-state index in [1.165, 1.54) is 70.6 Å². The van der Waals surface area contributed by atoms with Gasteiger partial charge in [0.1, 0.15) is 0 Å². The molecule has 28 heavy (non-hydrogen) atoms. The lowest BCUT2D eigenvalue weighted by Crippen LogP contribution is -2.51. The Bertz CT molecular complexity index is 591. The van der Waals surface area contributed by atoms with Gasteiger partial charge in [-0.1, -0.05) is 65.5 Å². The van der Waals surface area contributed by atoms with Crippen LogP contribution >= 0.6 is 0 Å². The van der Waals surface area contributed by atoms with E-state index < -0.39 is 0 Å². The second-order valence-electron chi connectivity index (χ2n) is 12.3. The summed E-state index contributed by atoms with van der Waals surface area (Å²) in [6, 6.07) is 0.423. The van der Waals surface area contributed by atoms with Crippen LogP contribution in [0.5, 0.6) is 0 Å². The van der Waals surface area contributed by atoms with E-state index >= 15 is 0 Å². The van der Waals surface area contributed by atoms with E-state index in [1.54, 1.807) is 5.57 Å². The van der Waals surface area contributed by atoms with Crippen molar-refractivity contribution in [3.05, 3.63) is 11.6 Å². The summed E-state index contributed by atoms with van der Waals surface area (Å²) in [7, 11) is 0. The lowest BCUT2D eigenvalue weighted by Gasteiger charge is -2.58. The number of hydrogen-bond acceptors (Lipinski definition) is 1. The summed E-state index contributed by atoms with van der Waals surface area (Å²) in [4.78, 5) is 0. The maximum atomic E-state index is 6.34. The molecule has 1 nitrogen and oxygen atoms in total. The standard InChI is InChI=1S/C27H47N/c1-18(2)7-6-8-19(3)23-11-12-24-22-10-9-20-17-21(28)13-15-26(20,4)25(22)14-16-27(23,24)5/h9,18-19,21-25H,6-8,10-17,28H2,1-5H3/t19?,21-,22?,23?,24?,25?,26?,27?/m1/s1. The highest BCUT2D eigenvalue weighted by Gasteiger charge is 2.58. The topological polar surface area (TPSA) is 26.0 Å². The molecule has 4 aliphatic carbocycles. The number of allylic oxidation sites excluding steroid dienone is 1. The molecule has 160 valence electrons. The zero-order chi connectivity index (χ0) is 20.1. The molecule has 8 atom stereocenters. The lowest BCUT2D eigenvalue weighted by molar-refractivity contribution is -0.0508. The van der Waals surface area contributed by atoms with Crippen LogP contribution in [-0.2, 0) is 0 Å². The summed E-state index contributed by atoms with van der Waals surface area (Å²) in [5.74, 6) is 5.63. The summed E-state index contributed by atoms with van der Waals surface area (Å²) in [5.41, 5.74) is 9.18. The van der Waals surface area contributed by atoms with Gasteiger partial charge in [-0.25, -0.2) is 0 Å². The summed E-state index contributed by atoms with van der Waals surface area (Å²) >= 11 is 0. The molecule has 0 aliphatic heterocycles. The van der Waals surface area contributed by atoms with Gasteiger partial charge in [0, 0.05) is 6.04 Å². The molecular weight excluding hydrogens is 338 g/mol. The van der Waals surface area contributed by atoms with Crippen molar-refractivity contribution < 1.29 is 0 Å². The fraction of sp³-hybridized carbons (Fsp3) is 0.926. The second-order valence-corrected chi connectivity index (χ2v) is 12.3. The fourth-order valence-electron chi connectivity index (χ4n) is 8.71. The van der Waals surface area contributed by atoms with Crippen LogP contribution in [0.1, 0.15) is 105 Å². The highest BCUT2D eigenvalue weighted by Crippen LogP contribution is 2.67. The molecule has 3 fully saturated rings. The Kier molecular flexibility index (Phi) is 5.80. The normalized spacial score (nSPS) is 46.5. The van der Waals surface area contributed by atoms with Crippen LogP contribution < -0.4 is 5.73 Å². The van der Waals surface area contributed by atoms with Gasteiger partial charge in [-0.05, 0) is 97.7 Å². The Hall–Kier alpha value is -0.300. The van der Waals surface area contributed by atoms with E-state index in [4.69, 9.17) is 5.73 Å². The molecule has 0 spiro atoms. The molecule has 4 rings (SSSR count). The quantitative estimate of drug-likeness (QED) is 0.492. The average molecular weight is 386 g/mol. The highest BCUT2D eigenvalue weighted by atomic mass is 14.7. The summed E-state index contributed by atoms with van der Waals surface area (Å²) < 4.78 is 0. The molecule has 0 saturated heterocycles. The number of fused-ring (bicyclic) bond motifs is 5. The van der Waals surface area contributed by atoms with Gasteiger partial charge >= 0.3 is 0 Å². The van der Waals surface area contributed by atoms with E-state index in [1.807, 2.05) is 0 Å². The SMILES string of the molecule is CC(C)CCCC(C)C1CCC2C3CC=C4C[C@H](N)CCC4(C)C3CCC12C. The zero-order valence-corrected chi connectivity index (χ0v) is 19.5. The third kappa shape index (κ3) is 3.42. The van der Waals surface area contributed by atoms with Crippen molar-refractivity contribution in [3.63, 3.8) is 0 Å². The molecular formula is C27H47N. The van der Waals surface area contributed by atoms with Gasteiger partial charge < -0.3 is 5.73 Å². The maximum Gasteiger partial charge on any atom is 0.00766 e. The third-order valence-corrected chi connectivity index (χ3v) is 10.3. The Morgan fingerprint density at radius 3 is 2.54 bits per heavy atom. The van der Waals surface area contributed by atoms with Crippen LogP contribution in [0.2, 0.25) is 0 Å². The van der Waals surface area contributed by atoms with Gasteiger partial charge in [0.05, 0.1) is 0 Å². The Morgan fingerprint density at radius 2 is 1.79 bits per heavy atom. The van der Waals surface area contributed by atoms with Gasteiger partial charge in [-0.15, -0.1) is 0 Å². The minimum Gasteiger partial charge on any atom is -0.327 e. The van der Waals surface area contributed by atoms with E-state index in [0.717, 1.165) is 35.5 Å². The summed E-state index contributed by atoms with van der Waals surface area (Å²) in [5, 5.41) is 0. The van der Waals surface area contributed by atoms with E-state index in [2.05, 4.69) is 40.7 Å². The van der Waals surface area contributed by atoms with Crippen molar-refractivity contribution in [1.29, 1.82) is 0 Å².